The molecule has 0 spiro atoms. The number of aromatic nitrogens is 2. The van der Waals surface area contributed by atoms with Crippen LogP contribution in [0.15, 0.2) is 54.9 Å². The molecule has 0 fully saturated rings. The monoisotopic (exact) mass is 367 g/mol. The molecule has 0 aliphatic heterocycles. The van der Waals surface area contributed by atoms with Crippen LogP contribution < -0.4 is 16.4 Å². The molecule has 0 radical (unpaired) electrons. The Labute approximate surface area is 155 Å². The van der Waals surface area contributed by atoms with Crippen LogP contribution in [0.1, 0.15) is 17.3 Å². The van der Waals surface area contributed by atoms with Gasteiger partial charge in [-0.3, -0.25) is 0 Å². The van der Waals surface area contributed by atoms with E-state index < -0.39 is 5.97 Å². The number of ether oxygens (including phenoxy) is 1. The van der Waals surface area contributed by atoms with Crippen molar-refractivity contribution in [3.63, 3.8) is 0 Å². The lowest BCUT2D eigenvalue weighted by molar-refractivity contribution is 0.0526. The summed E-state index contributed by atoms with van der Waals surface area (Å²) in [7, 11) is 0. The molecule has 1 aromatic heterocycles. The first-order valence-electron chi connectivity index (χ1n) is 8.24. The highest BCUT2D eigenvalue weighted by atomic mass is 19.1. The van der Waals surface area contributed by atoms with Gasteiger partial charge in [0, 0.05) is 11.4 Å². The van der Waals surface area contributed by atoms with E-state index in [4.69, 9.17) is 10.5 Å². The molecule has 3 rings (SSSR count). The van der Waals surface area contributed by atoms with Crippen LogP contribution in [0.4, 0.5) is 33.1 Å². The number of hydrogen-bond donors (Lipinski definition) is 3. The molecule has 0 bridgehead atoms. The minimum Gasteiger partial charge on any atom is -0.462 e. The Bertz CT molecular complexity index is 947. The lowest BCUT2D eigenvalue weighted by Crippen LogP contribution is -2.07. The summed E-state index contributed by atoms with van der Waals surface area (Å²) in [6, 6.07) is 12.6. The van der Waals surface area contributed by atoms with Gasteiger partial charge in [0.2, 0.25) is 0 Å². The number of benzene rings is 2. The van der Waals surface area contributed by atoms with E-state index in [1.54, 1.807) is 43.3 Å². The van der Waals surface area contributed by atoms with E-state index in [9.17, 15) is 9.18 Å². The Morgan fingerprint density at radius 2 is 1.74 bits per heavy atom. The van der Waals surface area contributed by atoms with Gasteiger partial charge in [0.15, 0.2) is 11.6 Å². The van der Waals surface area contributed by atoms with Crippen LogP contribution in [0, 0.1) is 5.82 Å². The van der Waals surface area contributed by atoms with Crippen LogP contribution in [-0.4, -0.2) is 22.5 Å². The second kappa shape index (κ2) is 8.13. The first-order valence-corrected chi connectivity index (χ1v) is 8.24. The van der Waals surface area contributed by atoms with E-state index in [1.165, 1.54) is 18.5 Å². The van der Waals surface area contributed by atoms with E-state index >= 15 is 0 Å². The number of hydrogen-bond acceptors (Lipinski definition) is 7. The number of rotatable bonds is 6. The number of halogens is 1. The fourth-order valence-electron chi connectivity index (χ4n) is 2.34. The Morgan fingerprint density at radius 1 is 1.07 bits per heavy atom. The van der Waals surface area contributed by atoms with Crippen LogP contribution in [0.5, 0.6) is 0 Å². The van der Waals surface area contributed by atoms with Crippen LogP contribution in [0.3, 0.4) is 0 Å². The van der Waals surface area contributed by atoms with E-state index in [-0.39, 0.29) is 11.5 Å². The molecule has 8 heteroatoms. The van der Waals surface area contributed by atoms with Crippen LogP contribution in [0.25, 0.3) is 0 Å². The number of nitrogens with zero attached hydrogens (tertiary/aromatic N) is 2. The SMILES string of the molecule is CCOC(=O)c1cccc(Nc2ncnc(Nc3ccc(F)cc3)c2N)c1. The normalized spacial score (nSPS) is 10.3. The Balaban J connectivity index is 1.81. The predicted molar refractivity (Wildman–Crippen MR) is 102 cm³/mol. The number of nitrogen functional groups attached to an aromatic ring is 1. The van der Waals surface area contributed by atoms with Gasteiger partial charge in [-0.05, 0) is 49.4 Å². The number of carbonyl (C=O) groups excluding carboxylic acids is 1. The van der Waals surface area contributed by atoms with Gasteiger partial charge in [-0.25, -0.2) is 19.2 Å². The molecule has 27 heavy (non-hydrogen) atoms. The van der Waals surface area contributed by atoms with Gasteiger partial charge in [-0.1, -0.05) is 6.07 Å². The highest BCUT2D eigenvalue weighted by Gasteiger charge is 2.11. The van der Waals surface area contributed by atoms with Gasteiger partial charge in [0.25, 0.3) is 0 Å². The van der Waals surface area contributed by atoms with Gasteiger partial charge >= 0.3 is 5.97 Å². The van der Waals surface area contributed by atoms with Crippen molar-refractivity contribution in [2.45, 2.75) is 6.92 Å². The highest BCUT2D eigenvalue weighted by molar-refractivity contribution is 5.91. The Hall–Kier alpha value is -3.68. The summed E-state index contributed by atoms with van der Waals surface area (Å²) in [5, 5.41) is 6.08. The fourth-order valence-corrected chi connectivity index (χ4v) is 2.34. The van der Waals surface area contributed by atoms with Crippen molar-refractivity contribution in [3.05, 3.63) is 66.2 Å². The van der Waals surface area contributed by atoms with Crippen molar-refractivity contribution in [2.24, 2.45) is 0 Å². The minimum atomic E-state index is -0.407. The number of carbonyl (C=O) groups is 1. The minimum absolute atomic E-state index is 0.281. The van der Waals surface area contributed by atoms with Gasteiger partial charge in [0.1, 0.15) is 17.8 Å². The Morgan fingerprint density at radius 3 is 2.41 bits per heavy atom. The van der Waals surface area contributed by atoms with Gasteiger partial charge in [-0.2, -0.15) is 0 Å². The molecule has 4 N–H and O–H groups in total. The summed E-state index contributed by atoms with van der Waals surface area (Å²) >= 11 is 0. The maximum atomic E-state index is 13.0. The zero-order valence-electron chi connectivity index (χ0n) is 14.6. The molecular formula is C19H18FN5O2. The summed E-state index contributed by atoms with van der Waals surface area (Å²) in [4.78, 5) is 20.1. The maximum absolute atomic E-state index is 13.0. The first-order chi connectivity index (χ1) is 13.1. The largest absolute Gasteiger partial charge is 0.462 e. The topological polar surface area (TPSA) is 102 Å². The zero-order valence-corrected chi connectivity index (χ0v) is 14.6. The van der Waals surface area contributed by atoms with Crippen LogP contribution >= 0.6 is 0 Å². The van der Waals surface area contributed by atoms with Crippen molar-refractivity contribution in [3.8, 4) is 0 Å². The highest BCUT2D eigenvalue weighted by Crippen LogP contribution is 2.28. The molecule has 7 nitrogen and oxygen atoms in total. The van der Waals surface area contributed by atoms with E-state index in [0.29, 0.717) is 35.2 Å². The van der Waals surface area contributed by atoms with Crippen molar-refractivity contribution in [1.29, 1.82) is 0 Å². The molecule has 2 aromatic carbocycles. The lowest BCUT2D eigenvalue weighted by atomic mass is 10.2. The van der Waals surface area contributed by atoms with E-state index in [2.05, 4.69) is 20.6 Å². The molecule has 138 valence electrons. The summed E-state index contributed by atoms with van der Waals surface area (Å²) in [5.41, 5.74) is 8.10. The third kappa shape index (κ3) is 4.49. The van der Waals surface area contributed by atoms with Crippen molar-refractivity contribution in [2.75, 3.05) is 23.0 Å². The molecule has 0 saturated heterocycles. The fraction of sp³-hybridized carbons (Fsp3) is 0.105. The summed E-state index contributed by atoms with van der Waals surface area (Å²) in [5.74, 6) is 0.00629. The number of nitrogens with one attached hydrogen (secondary N) is 2. The number of esters is 1. The first kappa shape index (κ1) is 18.1. The molecule has 1 heterocycles. The summed E-state index contributed by atoms with van der Waals surface area (Å²) in [6.45, 7) is 2.05. The third-order valence-corrected chi connectivity index (χ3v) is 3.63. The average molecular weight is 367 g/mol. The Kier molecular flexibility index (Phi) is 5.46. The molecule has 3 aromatic rings. The average Bonchev–Trinajstić information content (AvgIpc) is 2.67. The second-order valence-electron chi connectivity index (χ2n) is 5.54. The molecular weight excluding hydrogens is 349 g/mol. The molecule has 0 saturated carbocycles. The second-order valence-corrected chi connectivity index (χ2v) is 5.54. The number of anilines is 5. The maximum Gasteiger partial charge on any atom is 0.338 e. The lowest BCUT2D eigenvalue weighted by Gasteiger charge is -2.13. The zero-order chi connectivity index (χ0) is 19.2. The van der Waals surface area contributed by atoms with Crippen LogP contribution in [0.2, 0.25) is 0 Å². The van der Waals surface area contributed by atoms with E-state index in [0.717, 1.165) is 0 Å². The molecule has 0 aliphatic carbocycles. The molecule has 0 unspecified atom stereocenters. The van der Waals surface area contributed by atoms with Crippen molar-refractivity contribution in [1.82, 2.24) is 9.97 Å². The van der Waals surface area contributed by atoms with Gasteiger partial charge in [-0.15, -0.1) is 0 Å². The smallest absolute Gasteiger partial charge is 0.338 e. The van der Waals surface area contributed by atoms with Crippen molar-refractivity contribution >= 4 is 34.7 Å². The summed E-state index contributed by atoms with van der Waals surface area (Å²) in [6.07, 6.45) is 1.35. The van der Waals surface area contributed by atoms with Gasteiger partial charge in [0.05, 0.1) is 12.2 Å². The number of nitrogens with two attached hydrogens (primary N) is 1. The summed E-state index contributed by atoms with van der Waals surface area (Å²) < 4.78 is 18.0. The third-order valence-electron chi connectivity index (χ3n) is 3.63. The molecule has 0 aliphatic rings. The predicted octanol–water partition coefficient (Wildman–Crippen LogP) is 3.86. The quantitative estimate of drug-likeness (QED) is 0.569. The molecule has 0 amide bonds. The standard InChI is InChI=1S/C19H18FN5O2/c1-2-27-19(26)12-4-3-5-15(10-12)25-18-16(21)17(22-11-23-18)24-14-8-6-13(20)7-9-14/h3-11H,2,21H2,1H3,(H2,22,23,24,25). The van der Waals surface area contributed by atoms with Crippen molar-refractivity contribution < 1.29 is 13.9 Å². The van der Waals surface area contributed by atoms with Crippen LogP contribution in [-0.2, 0) is 4.74 Å². The molecule has 0 atom stereocenters. The van der Waals surface area contributed by atoms with Gasteiger partial charge < -0.3 is 21.1 Å². The van der Waals surface area contributed by atoms with E-state index in [1.807, 2.05) is 0 Å².